The van der Waals surface area contributed by atoms with Gasteiger partial charge in [-0.1, -0.05) is 12.1 Å². The van der Waals surface area contributed by atoms with Crippen molar-refractivity contribution in [1.29, 1.82) is 5.41 Å². The van der Waals surface area contributed by atoms with Gasteiger partial charge in [-0.15, -0.1) is 0 Å². The second-order valence-corrected chi connectivity index (χ2v) is 6.97. The van der Waals surface area contributed by atoms with Gasteiger partial charge in [0.25, 0.3) is 5.91 Å². The topological polar surface area (TPSA) is 62.6 Å². The van der Waals surface area contributed by atoms with Crippen molar-refractivity contribution in [3.05, 3.63) is 58.0 Å². The summed E-state index contributed by atoms with van der Waals surface area (Å²) in [5, 5.41) is 8.41. The fourth-order valence-corrected chi connectivity index (χ4v) is 3.60. The van der Waals surface area contributed by atoms with Crippen LogP contribution in [0.1, 0.15) is 16.7 Å². The molecule has 1 saturated heterocycles. The number of nitrogens with one attached hydrogen (secondary N) is 1. The summed E-state index contributed by atoms with van der Waals surface area (Å²) in [5.74, 6) is 1.19. The molecule has 1 N–H and O–H groups in total. The molecule has 6 heteroatoms. The highest BCUT2D eigenvalue weighted by molar-refractivity contribution is 8.19. The van der Waals surface area contributed by atoms with Crippen LogP contribution in [0.4, 0.5) is 5.69 Å². The van der Waals surface area contributed by atoms with Crippen LogP contribution in [-0.2, 0) is 4.79 Å². The highest BCUT2D eigenvalue weighted by Gasteiger charge is 2.33. The molecule has 0 aliphatic carbocycles. The number of rotatable bonds is 2. The fourth-order valence-electron chi connectivity index (χ4n) is 2.74. The summed E-state index contributed by atoms with van der Waals surface area (Å²) in [4.78, 5) is 14.7. The van der Waals surface area contributed by atoms with E-state index in [-0.39, 0.29) is 17.9 Å². The van der Waals surface area contributed by atoms with E-state index in [2.05, 4.69) is 0 Å². The van der Waals surface area contributed by atoms with Crippen molar-refractivity contribution in [2.45, 2.75) is 13.8 Å². The standard InChI is InChI=1S/C19H16N2O3S/c1-11-3-5-14(7-12(11)2)21-18(22)17(25-19(21)20)9-13-4-6-15-16(8-13)24-10-23-15/h3-9,20H,10H2,1-2H3/b17-9+,20-19?. The molecule has 4 rings (SSSR count). The van der Waals surface area contributed by atoms with E-state index < -0.39 is 0 Å². The van der Waals surface area contributed by atoms with E-state index in [4.69, 9.17) is 14.9 Å². The summed E-state index contributed by atoms with van der Waals surface area (Å²) >= 11 is 1.16. The van der Waals surface area contributed by atoms with Crippen molar-refractivity contribution in [1.82, 2.24) is 0 Å². The zero-order valence-corrected chi connectivity index (χ0v) is 14.6. The van der Waals surface area contributed by atoms with Gasteiger partial charge in [-0.05, 0) is 72.6 Å². The van der Waals surface area contributed by atoms with Gasteiger partial charge in [0.15, 0.2) is 16.7 Å². The van der Waals surface area contributed by atoms with Gasteiger partial charge in [-0.25, -0.2) is 0 Å². The molecule has 2 aromatic carbocycles. The summed E-state index contributed by atoms with van der Waals surface area (Å²) in [6, 6.07) is 11.3. The van der Waals surface area contributed by atoms with Gasteiger partial charge in [0, 0.05) is 0 Å². The van der Waals surface area contributed by atoms with Crippen LogP contribution >= 0.6 is 11.8 Å². The number of fused-ring (bicyclic) bond motifs is 1. The second-order valence-electron chi connectivity index (χ2n) is 5.94. The smallest absolute Gasteiger partial charge is 0.271 e. The van der Waals surface area contributed by atoms with E-state index in [1.807, 2.05) is 50.2 Å². The summed E-state index contributed by atoms with van der Waals surface area (Å²) in [6.45, 7) is 4.24. The number of anilines is 1. The van der Waals surface area contributed by atoms with E-state index >= 15 is 0 Å². The molecule has 0 atom stereocenters. The summed E-state index contributed by atoms with van der Waals surface area (Å²) < 4.78 is 10.7. The van der Waals surface area contributed by atoms with E-state index in [0.29, 0.717) is 16.4 Å². The zero-order valence-electron chi connectivity index (χ0n) is 13.8. The third-order valence-corrected chi connectivity index (χ3v) is 5.15. The molecule has 2 aliphatic heterocycles. The molecule has 0 saturated carbocycles. The molecule has 0 aromatic heterocycles. The fraction of sp³-hybridized carbons (Fsp3) is 0.158. The minimum Gasteiger partial charge on any atom is -0.454 e. The number of carbonyl (C=O) groups is 1. The average Bonchev–Trinajstić information content (AvgIpc) is 3.15. The number of benzene rings is 2. The molecule has 2 aliphatic rings. The lowest BCUT2D eigenvalue weighted by atomic mass is 10.1. The molecule has 0 unspecified atom stereocenters. The van der Waals surface area contributed by atoms with Crippen LogP contribution in [0.3, 0.4) is 0 Å². The molecule has 0 spiro atoms. The van der Waals surface area contributed by atoms with Gasteiger partial charge >= 0.3 is 0 Å². The lowest BCUT2D eigenvalue weighted by molar-refractivity contribution is -0.113. The Morgan fingerprint density at radius 2 is 1.88 bits per heavy atom. The van der Waals surface area contributed by atoms with Crippen LogP contribution in [0.15, 0.2) is 41.3 Å². The van der Waals surface area contributed by atoms with Gasteiger partial charge in [0.2, 0.25) is 6.79 Å². The first-order valence-corrected chi connectivity index (χ1v) is 8.64. The molecule has 0 bridgehead atoms. The Morgan fingerprint density at radius 3 is 2.68 bits per heavy atom. The molecule has 1 fully saturated rings. The van der Waals surface area contributed by atoms with Gasteiger partial charge in [0.1, 0.15) is 0 Å². The normalized spacial score (nSPS) is 17.7. The highest BCUT2D eigenvalue weighted by atomic mass is 32.2. The van der Waals surface area contributed by atoms with Crippen LogP contribution in [-0.4, -0.2) is 17.9 Å². The van der Waals surface area contributed by atoms with E-state index in [0.717, 1.165) is 34.1 Å². The third kappa shape index (κ3) is 2.78. The minimum absolute atomic E-state index is 0.184. The first-order valence-electron chi connectivity index (χ1n) is 7.82. The van der Waals surface area contributed by atoms with Crippen LogP contribution in [0.5, 0.6) is 11.5 Å². The molecule has 2 heterocycles. The van der Waals surface area contributed by atoms with E-state index in [1.165, 1.54) is 4.90 Å². The van der Waals surface area contributed by atoms with Crippen molar-refractivity contribution in [3.63, 3.8) is 0 Å². The maximum atomic E-state index is 12.8. The molecule has 5 nitrogen and oxygen atoms in total. The highest BCUT2D eigenvalue weighted by Crippen LogP contribution is 2.37. The predicted molar refractivity (Wildman–Crippen MR) is 99.3 cm³/mol. The lowest BCUT2D eigenvalue weighted by Gasteiger charge is -2.15. The Labute approximate surface area is 149 Å². The van der Waals surface area contributed by atoms with Crippen molar-refractivity contribution in [2.24, 2.45) is 0 Å². The molecule has 126 valence electrons. The minimum atomic E-state index is -0.184. The van der Waals surface area contributed by atoms with Gasteiger partial charge in [-0.2, -0.15) is 0 Å². The number of aryl methyl sites for hydroxylation is 2. The van der Waals surface area contributed by atoms with Gasteiger partial charge in [0.05, 0.1) is 10.6 Å². The van der Waals surface area contributed by atoms with E-state index in [1.54, 1.807) is 6.08 Å². The number of nitrogens with zero attached hydrogens (tertiary/aromatic N) is 1. The van der Waals surface area contributed by atoms with Crippen molar-refractivity contribution >= 4 is 34.6 Å². The molecule has 0 radical (unpaired) electrons. The summed E-state index contributed by atoms with van der Waals surface area (Å²) in [5.41, 5.74) is 3.82. The Hall–Kier alpha value is -2.73. The second kappa shape index (κ2) is 5.97. The first kappa shape index (κ1) is 15.8. The lowest BCUT2D eigenvalue weighted by Crippen LogP contribution is -2.28. The maximum absolute atomic E-state index is 12.8. The quantitative estimate of drug-likeness (QED) is 0.827. The van der Waals surface area contributed by atoms with Crippen LogP contribution in [0.2, 0.25) is 0 Å². The SMILES string of the molecule is Cc1ccc(N2C(=N)S/C(=C/c3ccc4c(c3)OCO4)C2=O)cc1C. The molecule has 2 aromatic rings. The summed E-state index contributed by atoms with van der Waals surface area (Å²) in [7, 11) is 0. The van der Waals surface area contributed by atoms with Crippen molar-refractivity contribution in [2.75, 3.05) is 11.7 Å². The Balaban J connectivity index is 1.65. The summed E-state index contributed by atoms with van der Waals surface area (Å²) in [6.07, 6.45) is 1.78. The largest absolute Gasteiger partial charge is 0.454 e. The van der Waals surface area contributed by atoms with Crippen LogP contribution in [0, 0.1) is 19.3 Å². The number of ether oxygens (including phenoxy) is 2. The first-order chi connectivity index (χ1) is 12.0. The van der Waals surface area contributed by atoms with Crippen LogP contribution < -0.4 is 14.4 Å². The number of carbonyl (C=O) groups excluding carboxylic acids is 1. The van der Waals surface area contributed by atoms with Crippen molar-refractivity contribution < 1.29 is 14.3 Å². The molecule has 1 amide bonds. The van der Waals surface area contributed by atoms with Gasteiger partial charge < -0.3 is 9.47 Å². The Bertz CT molecular complexity index is 936. The maximum Gasteiger partial charge on any atom is 0.271 e. The number of amides is 1. The number of thioether (sulfide) groups is 1. The molecular formula is C19H16N2O3S. The molecular weight excluding hydrogens is 336 g/mol. The number of hydrogen-bond donors (Lipinski definition) is 1. The third-order valence-electron chi connectivity index (χ3n) is 4.27. The monoisotopic (exact) mass is 352 g/mol. The predicted octanol–water partition coefficient (Wildman–Crippen LogP) is 4.09. The van der Waals surface area contributed by atoms with Crippen molar-refractivity contribution in [3.8, 4) is 11.5 Å². The number of hydrogen-bond acceptors (Lipinski definition) is 5. The van der Waals surface area contributed by atoms with Crippen LogP contribution in [0.25, 0.3) is 6.08 Å². The zero-order chi connectivity index (χ0) is 17.6. The van der Waals surface area contributed by atoms with Gasteiger partial charge in [-0.3, -0.25) is 15.1 Å². The molecule has 25 heavy (non-hydrogen) atoms. The Morgan fingerprint density at radius 1 is 1.08 bits per heavy atom. The van der Waals surface area contributed by atoms with E-state index in [9.17, 15) is 4.79 Å². The number of amidine groups is 1. The average molecular weight is 352 g/mol. The Kier molecular flexibility index (Phi) is 3.77.